The molecule has 0 aliphatic rings. The van der Waals surface area contributed by atoms with Crippen LogP contribution < -0.4 is 0 Å². The van der Waals surface area contributed by atoms with E-state index < -0.39 is 0 Å². The molecule has 0 unspecified atom stereocenters. The number of aromatic nitrogens is 3. The molecule has 49 heavy (non-hydrogen) atoms. The summed E-state index contributed by atoms with van der Waals surface area (Å²) in [5.41, 5.74) is 13.2. The molecule has 7 aromatic carbocycles. The van der Waals surface area contributed by atoms with Gasteiger partial charge in [-0.05, 0) is 58.7 Å². The quantitative estimate of drug-likeness (QED) is 0.184. The molecular weight excluding hydrogens is 595 g/mol. The van der Waals surface area contributed by atoms with Crippen molar-refractivity contribution in [2.24, 2.45) is 0 Å². The van der Waals surface area contributed by atoms with Gasteiger partial charge in [0.15, 0.2) is 5.82 Å². The second-order valence-corrected chi connectivity index (χ2v) is 12.3. The fraction of sp³-hybridized carbons (Fsp3) is 0. The molecule has 0 saturated heterocycles. The van der Waals surface area contributed by atoms with Crippen LogP contribution >= 0.6 is 0 Å². The second-order valence-electron chi connectivity index (χ2n) is 12.3. The Morgan fingerprint density at radius 2 is 0.735 bits per heavy atom. The van der Waals surface area contributed by atoms with Gasteiger partial charge in [-0.1, -0.05) is 152 Å². The molecule has 9 aromatic rings. The Balaban J connectivity index is 1.03. The molecule has 0 N–H and O–H groups in total. The first-order valence-corrected chi connectivity index (χ1v) is 16.6. The van der Waals surface area contributed by atoms with Crippen molar-refractivity contribution in [2.45, 2.75) is 0 Å². The highest BCUT2D eigenvalue weighted by Gasteiger charge is 2.13. The molecule has 0 amide bonds. The summed E-state index contributed by atoms with van der Waals surface area (Å²) in [4.78, 5) is 10.0. The summed E-state index contributed by atoms with van der Waals surface area (Å²) < 4.78 is 2.36. The molecule has 0 radical (unpaired) electrons. The van der Waals surface area contributed by atoms with Crippen molar-refractivity contribution in [3.63, 3.8) is 0 Å². The number of benzene rings is 7. The smallest absolute Gasteiger partial charge is 0.160 e. The van der Waals surface area contributed by atoms with Crippen molar-refractivity contribution in [1.29, 1.82) is 0 Å². The van der Waals surface area contributed by atoms with Crippen molar-refractivity contribution >= 4 is 21.8 Å². The highest BCUT2D eigenvalue weighted by atomic mass is 15.0. The van der Waals surface area contributed by atoms with E-state index in [1.807, 2.05) is 36.4 Å². The molecule has 0 saturated carbocycles. The minimum absolute atomic E-state index is 0.712. The Morgan fingerprint density at radius 1 is 0.306 bits per heavy atom. The lowest BCUT2D eigenvalue weighted by Gasteiger charge is -2.11. The van der Waals surface area contributed by atoms with Gasteiger partial charge in [0.1, 0.15) is 0 Å². The summed E-state index contributed by atoms with van der Waals surface area (Å²) in [6.07, 6.45) is 0. The Hall–Kier alpha value is -6.58. The van der Waals surface area contributed by atoms with Crippen LogP contribution in [0.15, 0.2) is 188 Å². The fourth-order valence-corrected chi connectivity index (χ4v) is 6.78. The van der Waals surface area contributed by atoms with Crippen molar-refractivity contribution in [2.75, 3.05) is 0 Å². The van der Waals surface area contributed by atoms with Crippen LogP contribution in [0.1, 0.15) is 0 Å². The molecule has 0 atom stereocenters. The first-order valence-electron chi connectivity index (χ1n) is 16.6. The van der Waals surface area contributed by atoms with E-state index >= 15 is 0 Å². The van der Waals surface area contributed by atoms with Gasteiger partial charge in [-0.25, -0.2) is 9.97 Å². The molecule has 0 aliphatic heterocycles. The Morgan fingerprint density at radius 3 is 1.27 bits per heavy atom. The van der Waals surface area contributed by atoms with Gasteiger partial charge < -0.3 is 4.57 Å². The average Bonchev–Trinajstić information content (AvgIpc) is 3.53. The van der Waals surface area contributed by atoms with E-state index in [0.29, 0.717) is 5.82 Å². The van der Waals surface area contributed by atoms with E-state index in [0.717, 1.165) is 39.3 Å². The number of hydrogen-bond acceptors (Lipinski definition) is 2. The molecule has 0 spiro atoms. The summed E-state index contributed by atoms with van der Waals surface area (Å²) in [6, 6.07) is 66.2. The van der Waals surface area contributed by atoms with Crippen LogP contribution in [0.3, 0.4) is 0 Å². The summed E-state index contributed by atoms with van der Waals surface area (Å²) in [6.45, 7) is 0. The van der Waals surface area contributed by atoms with Crippen molar-refractivity contribution in [3.8, 4) is 61.8 Å². The average molecular weight is 626 g/mol. The molecule has 2 heterocycles. The number of fused-ring (bicyclic) bond motifs is 3. The minimum atomic E-state index is 0.712. The van der Waals surface area contributed by atoms with Gasteiger partial charge in [-0.2, -0.15) is 0 Å². The van der Waals surface area contributed by atoms with Crippen LogP contribution in [0.2, 0.25) is 0 Å². The maximum absolute atomic E-state index is 5.00. The van der Waals surface area contributed by atoms with Crippen LogP contribution in [-0.2, 0) is 0 Å². The van der Waals surface area contributed by atoms with E-state index in [1.165, 1.54) is 38.5 Å². The van der Waals surface area contributed by atoms with Crippen LogP contribution in [0.25, 0.3) is 83.6 Å². The van der Waals surface area contributed by atoms with Gasteiger partial charge >= 0.3 is 0 Å². The zero-order valence-corrected chi connectivity index (χ0v) is 26.7. The van der Waals surface area contributed by atoms with Gasteiger partial charge in [0.25, 0.3) is 0 Å². The highest BCUT2D eigenvalue weighted by Crippen LogP contribution is 2.34. The minimum Gasteiger partial charge on any atom is -0.309 e. The maximum atomic E-state index is 5.00. The van der Waals surface area contributed by atoms with E-state index in [2.05, 4.69) is 156 Å². The van der Waals surface area contributed by atoms with E-state index in [1.54, 1.807) is 0 Å². The Bertz CT molecular complexity index is 2460. The third-order valence-electron chi connectivity index (χ3n) is 9.24. The van der Waals surface area contributed by atoms with E-state index in [-0.39, 0.29) is 0 Å². The summed E-state index contributed by atoms with van der Waals surface area (Å²) in [7, 11) is 0. The summed E-state index contributed by atoms with van der Waals surface area (Å²) >= 11 is 0. The molecule has 0 bridgehead atoms. The first-order chi connectivity index (χ1) is 24.3. The Kier molecular flexibility index (Phi) is 7.14. The van der Waals surface area contributed by atoms with Gasteiger partial charge in [-0.15, -0.1) is 0 Å². The van der Waals surface area contributed by atoms with Gasteiger partial charge in [-0.3, -0.25) is 0 Å². The molecule has 0 fully saturated rings. The standard InChI is InChI=1S/C46H31N3/c1-3-12-34(13-4-1)42-31-43(35-14-5-2-6-15-35)48-46(47-42)36-24-22-32(23-25-36)37-16-11-17-38(30-37)33-26-28-39(29-27-33)49-44-20-9-7-18-40(44)41-19-8-10-21-45(41)49/h1-31H. The molecule has 0 aliphatic carbocycles. The number of hydrogen-bond donors (Lipinski definition) is 0. The van der Waals surface area contributed by atoms with Crippen molar-refractivity contribution in [1.82, 2.24) is 14.5 Å². The number of rotatable bonds is 6. The SMILES string of the molecule is c1ccc(-c2cc(-c3ccccc3)nc(-c3ccc(-c4cccc(-c5ccc(-n6c7ccccc7c7ccccc76)cc5)c4)cc3)n2)cc1. The molecule has 9 rings (SSSR count). The topological polar surface area (TPSA) is 30.7 Å². The third-order valence-corrected chi connectivity index (χ3v) is 9.24. The molecule has 2 aromatic heterocycles. The predicted molar refractivity (Wildman–Crippen MR) is 204 cm³/mol. The molecule has 3 heteroatoms. The maximum Gasteiger partial charge on any atom is 0.160 e. The lowest BCUT2D eigenvalue weighted by Crippen LogP contribution is -1.96. The van der Waals surface area contributed by atoms with Crippen LogP contribution in [0.4, 0.5) is 0 Å². The van der Waals surface area contributed by atoms with Crippen LogP contribution in [0.5, 0.6) is 0 Å². The summed E-state index contributed by atoms with van der Waals surface area (Å²) in [5.74, 6) is 0.712. The van der Waals surface area contributed by atoms with E-state index in [4.69, 9.17) is 9.97 Å². The van der Waals surface area contributed by atoms with Crippen LogP contribution in [0, 0.1) is 0 Å². The molecular formula is C46H31N3. The van der Waals surface area contributed by atoms with Crippen molar-refractivity contribution in [3.05, 3.63) is 188 Å². The van der Waals surface area contributed by atoms with Gasteiger partial charge in [0, 0.05) is 33.2 Å². The number of para-hydroxylation sites is 2. The lowest BCUT2D eigenvalue weighted by atomic mass is 9.98. The molecule has 230 valence electrons. The van der Waals surface area contributed by atoms with Gasteiger partial charge in [0.2, 0.25) is 0 Å². The second kappa shape index (κ2) is 12.2. The monoisotopic (exact) mass is 625 g/mol. The Labute approximate surface area is 285 Å². The normalized spacial score (nSPS) is 11.3. The van der Waals surface area contributed by atoms with Crippen LogP contribution in [-0.4, -0.2) is 14.5 Å². The number of nitrogens with zero attached hydrogens (tertiary/aromatic N) is 3. The fourth-order valence-electron chi connectivity index (χ4n) is 6.78. The van der Waals surface area contributed by atoms with Gasteiger partial charge in [0.05, 0.1) is 22.4 Å². The van der Waals surface area contributed by atoms with Crippen molar-refractivity contribution < 1.29 is 0 Å². The largest absolute Gasteiger partial charge is 0.309 e. The summed E-state index contributed by atoms with van der Waals surface area (Å²) in [5, 5.41) is 2.54. The third kappa shape index (κ3) is 5.38. The lowest BCUT2D eigenvalue weighted by molar-refractivity contribution is 1.18. The predicted octanol–water partition coefficient (Wildman–Crippen LogP) is 11.9. The zero-order chi connectivity index (χ0) is 32.6. The molecule has 3 nitrogen and oxygen atoms in total. The zero-order valence-electron chi connectivity index (χ0n) is 26.7. The first kappa shape index (κ1) is 28.6. The highest BCUT2D eigenvalue weighted by molar-refractivity contribution is 6.09. The van der Waals surface area contributed by atoms with E-state index in [9.17, 15) is 0 Å².